The molecule has 0 aromatic heterocycles. The monoisotopic (exact) mass is 222 g/mol. The fourth-order valence-corrected chi connectivity index (χ4v) is 1.45. The standard InChI is InChI=1S/C15H14N2/c1-13(14-8-4-2-5-9-14)12-16-17-15-10-6-3-7-11-15/h2-12H,1H3/b13-12-,17-16?. The van der Waals surface area contributed by atoms with Gasteiger partial charge in [0.05, 0.1) is 11.9 Å². The average molecular weight is 222 g/mol. The Hall–Kier alpha value is -2.22. The fourth-order valence-electron chi connectivity index (χ4n) is 1.45. The molecule has 0 atom stereocenters. The van der Waals surface area contributed by atoms with Gasteiger partial charge in [0.25, 0.3) is 0 Å². The maximum Gasteiger partial charge on any atom is 0.0856 e. The van der Waals surface area contributed by atoms with Crippen molar-refractivity contribution in [3.63, 3.8) is 0 Å². The molecule has 17 heavy (non-hydrogen) atoms. The van der Waals surface area contributed by atoms with Gasteiger partial charge in [-0.15, -0.1) is 0 Å². The van der Waals surface area contributed by atoms with Crippen LogP contribution in [0.5, 0.6) is 0 Å². The van der Waals surface area contributed by atoms with E-state index in [0.717, 1.165) is 11.3 Å². The van der Waals surface area contributed by atoms with Crippen LogP contribution in [-0.4, -0.2) is 0 Å². The summed E-state index contributed by atoms with van der Waals surface area (Å²) in [6.45, 7) is 2.03. The topological polar surface area (TPSA) is 24.7 Å². The summed E-state index contributed by atoms with van der Waals surface area (Å²) >= 11 is 0. The van der Waals surface area contributed by atoms with Gasteiger partial charge in [0.2, 0.25) is 0 Å². The molecular formula is C15H14N2. The molecule has 0 amide bonds. The maximum atomic E-state index is 4.12. The Balaban J connectivity index is 2.09. The molecule has 84 valence electrons. The SMILES string of the molecule is C/C(=C/N=Nc1ccccc1)c1ccccc1. The summed E-state index contributed by atoms with van der Waals surface area (Å²) in [4.78, 5) is 0. The minimum atomic E-state index is 0.865. The second kappa shape index (κ2) is 5.75. The van der Waals surface area contributed by atoms with Gasteiger partial charge in [-0.25, -0.2) is 0 Å². The van der Waals surface area contributed by atoms with Crippen molar-refractivity contribution in [3.05, 3.63) is 72.4 Å². The molecule has 2 nitrogen and oxygen atoms in total. The van der Waals surface area contributed by atoms with Gasteiger partial charge < -0.3 is 0 Å². The first kappa shape index (κ1) is 11.3. The summed E-state index contributed by atoms with van der Waals surface area (Å²) in [5.41, 5.74) is 3.13. The lowest BCUT2D eigenvalue weighted by molar-refractivity contribution is 1.23. The van der Waals surface area contributed by atoms with Gasteiger partial charge in [0, 0.05) is 0 Å². The molecular weight excluding hydrogens is 208 g/mol. The van der Waals surface area contributed by atoms with Crippen LogP contribution >= 0.6 is 0 Å². The minimum Gasteiger partial charge on any atom is -0.158 e. The quantitative estimate of drug-likeness (QED) is 0.664. The lowest BCUT2D eigenvalue weighted by atomic mass is 10.1. The van der Waals surface area contributed by atoms with Crippen LogP contribution in [0, 0.1) is 0 Å². The number of benzene rings is 2. The molecule has 0 aliphatic heterocycles. The van der Waals surface area contributed by atoms with Crippen LogP contribution in [0.2, 0.25) is 0 Å². The number of hydrogen-bond donors (Lipinski definition) is 0. The Morgan fingerprint density at radius 3 is 2.12 bits per heavy atom. The Kier molecular flexibility index (Phi) is 3.81. The Morgan fingerprint density at radius 2 is 1.47 bits per heavy atom. The second-order valence-corrected chi connectivity index (χ2v) is 3.73. The van der Waals surface area contributed by atoms with Gasteiger partial charge in [-0.1, -0.05) is 48.5 Å². The molecule has 0 spiro atoms. The first-order chi connectivity index (χ1) is 8.36. The Labute approximate surface area is 101 Å². The molecule has 0 aliphatic rings. The Bertz CT molecular complexity index is 513. The molecule has 0 saturated carbocycles. The first-order valence-electron chi connectivity index (χ1n) is 5.54. The summed E-state index contributed by atoms with van der Waals surface area (Å²) in [7, 11) is 0. The lowest BCUT2D eigenvalue weighted by Gasteiger charge is -1.97. The zero-order chi connectivity index (χ0) is 11.9. The third-order valence-corrected chi connectivity index (χ3v) is 2.41. The van der Waals surface area contributed by atoms with Gasteiger partial charge in [-0.3, -0.25) is 0 Å². The van der Waals surface area contributed by atoms with E-state index in [1.165, 1.54) is 5.56 Å². The maximum absolute atomic E-state index is 4.12. The number of azo groups is 1. The van der Waals surface area contributed by atoms with E-state index in [-0.39, 0.29) is 0 Å². The molecule has 0 saturated heterocycles. The molecule has 0 heterocycles. The average Bonchev–Trinajstić information content (AvgIpc) is 2.41. The van der Waals surface area contributed by atoms with Crippen molar-refractivity contribution in [2.75, 3.05) is 0 Å². The van der Waals surface area contributed by atoms with E-state index >= 15 is 0 Å². The lowest BCUT2D eigenvalue weighted by Crippen LogP contribution is -1.75. The Morgan fingerprint density at radius 1 is 0.882 bits per heavy atom. The van der Waals surface area contributed by atoms with Crippen molar-refractivity contribution in [1.82, 2.24) is 0 Å². The molecule has 0 N–H and O–H groups in total. The number of allylic oxidation sites excluding steroid dienone is 1. The summed E-state index contributed by atoms with van der Waals surface area (Å²) in [6.07, 6.45) is 1.78. The highest BCUT2D eigenvalue weighted by Gasteiger charge is 1.91. The van der Waals surface area contributed by atoms with Crippen molar-refractivity contribution in [2.24, 2.45) is 10.2 Å². The van der Waals surface area contributed by atoms with E-state index in [2.05, 4.69) is 22.4 Å². The van der Waals surface area contributed by atoms with E-state index in [4.69, 9.17) is 0 Å². The van der Waals surface area contributed by atoms with E-state index in [1.807, 2.05) is 55.5 Å². The second-order valence-electron chi connectivity index (χ2n) is 3.73. The molecule has 2 heteroatoms. The third-order valence-electron chi connectivity index (χ3n) is 2.41. The highest BCUT2D eigenvalue weighted by Crippen LogP contribution is 2.14. The molecule has 2 aromatic carbocycles. The van der Waals surface area contributed by atoms with Gasteiger partial charge >= 0.3 is 0 Å². The van der Waals surface area contributed by atoms with Gasteiger partial charge in [0.15, 0.2) is 0 Å². The normalized spacial score (nSPS) is 11.9. The molecule has 0 fully saturated rings. The molecule has 0 aliphatic carbocycles. The molecule has 2 rings (SSSR count). The van der Waals surface area contributed by atoms with Crippen molar-refractivity contribution < 1.29 is 0 Å². The summed E-state index contributed by atoms with van der Waals surface area (Å²) in [6, 6.07) is 19.9. The minimum absolute atomic E-state index is 0.865. The zero-order valence-electron chi connectivity index (χ0n) is 9.75. The number of rotatable bonds is 3. The van der Waals surface area contributed by atoms with Crippen LogP contribution in [0.25, 0.3) is 5.57 Å². The number of hydrogen-bond acceptors (Lipinski definition) is 2. The van der Waals surface area contributed by atoms with E-state index in [9.17, 15) is 0 Å². The predicted octanol–water partition coefficient (Wildman–Crippen LogP) is 4.83. The highest BCUT2D eigenvalue weighted by atomic mass is 15.1. The zero-order valence-corrected chi connectivity index (χ0v) is 9.75. The van der Waals surface area contributed by atoms with Crippen LogP contribution in [-0.2, 0) is 0 Å². The van der Waals surface area contributed by atoms with Crippen molar-refractivity contribution in [1.29, 1.82) is 0 Å². The van der Waals surface area contributed by atoms with Crippen LogP contribution in [0.3, 0.4) is 0 Å². The van der Waals surface area contributed by atoms with Gasteiger partial charge in [0.1, 0.15) is 0 Å². The van der Waals surface area contributed by atoms with Gasteiger partial charge in [-0.2, -0.15) is 10.2 Å². The van der Waals surface area contributed by atoms with Crippen LogP contribution < -0.4 is 0 Å². The van der Waals surface area contributed by atoms with Gasteiger partial charge in [-0.05, 0) is 30.2 Å². The van der Waals surface area contributed by atoms with E-state index in [0.29, 0.717) is 0 Å². The summed E-state index contributed by atoms with van der Waals surface area (Å²) < 4.78 is 0. The smallest absolute Gasteiger partial charge is 0.0856 e. The van der Waals surface area contributed by atoms with Crippen LogP contribution in [0.4, 0.5) is 5.69 Å². The van der Waals surface area contributed by atoms with Crippen molar-refractivity contribution >= 4 is 11.3 Å². The van der Waals surface area contributed by atoms with E-state index < -0.39 is 0 Å². The van der Waals surface area contributed by atoms with Crippen molar-refractivity contribution in [3.8, 4) is 0 Å². The van der Waals surface area contributed by atoms with Crippen LogP contribution in [0.15, 0.2) is 77.1 Å². The summed E-state index contributed by atoms with van der Waals surface area (Å²) in [5.74, 6) is 0. The molecule has 0 unspecified atom stereocenters. The fraction of sp³-hybridized carbons (Fsp3) is 0.0667. The molecule has 0 radical (unpaired) electrons. The highest BCUT2D eigenvalue weighted by molar-refractivity contribution is 5.63. The summed E-state index contributed by atoms with van der Waals surface area (Å²) in [5, 5.41) is 8.20. The first-order valence-corrected chi connectivity index (χ1v) is 5.54. The van der Waals surface area contributed by atoms with Crippen molar-refractivity contribution in [2.45, 2.75) is 6.92 Å². The molecule has 0 bridgehead atoms. The third kappa shape index (κ3) is 3.38. The van der Waals surface area contributed by atoms with E-state index in [1.54, 1.807) is 6.20 Å². The largest absolute Gasteiger partial charge is 0.158 e. The molecule has 2 aromatic rings. The predicted molar refractivity (Wildman–Crippen MR) is 71.1 cm³/mol. The number of nitrogens with zero attached hydrogens (tertiary/aromatic N) is 2. The van der Waals surface area contributed by atoms with Crippen LogP contribution in [0.1, 0.15) is 12.5 Å².